The van der Waals surface area contributed by atoms with Gasteiger partial charge < -0.3 is 9.64 Å². The fraction of sp³-hybridized carbons (Fsp3) is 0.471. The van der Waals surface area contributed by atoms with Gasteiger partial charge in [0.25, 0.3) is 0 Å². The minimum absolute atomic E-state index is 0.0883. The Hall–Kier alpha value is -2.21. The molecule has 0 spiro atoms. The Labute approximate surface area is 136 Å². The van der Waals surface area contributed by atoms with Gasteiger partial charge >= 0.3 is 0 Å². The van der Waals surface area contributed by atoms with Crippen LogP contribution in [0.4, 0.5) is 0 Å². The molecule has 23 heavy (non-hydrogen) atoms. The number of carbonyl (C=O) groups is 1. The van der Waals surface area contributed by atoms with Gasteiger partial charge in [0, 0.05) is 32.5 Å². The molecule has 122 valence electrons. The summed E-state index contributed by atoms with van der Waals surface area (Å²) in [6.07, 6.45) is 5.45. The van der Waals surface area contributed by atoms with Crippen LogP contribution in [0.1, 0.15) is 18.4 Å². The SMILES string of the molecule is O=C(CCCn1cncn1)N1CCO[C@H](Cc2ccccc2)C1. The summed E-state index contributed by atoms with van der Waals surface area (Å²) in [5.74, 6) is 0.200. The lowest BCUT2D eigenvalue weighted by molar-refractivity contribution is -0.138. The molecule has 1 aliphatic heterocycles. The van der Waals surface area contributed by atoms with Gasteiger partial charge in [-0.2, -0.15) is 5.10 Å². The van der Waals surface area contributed by atoms with Gasteiger partial charge in [-0.3, -0.25) is 9.48 Å². The van der Waals surface area contributed by atoms with Crippen LogP contribution >= 0.6 is 0 Å². The van der Waals surface area contributed by atoms with E-state index in [4.69, 9.17) is 4.74 Å². The van der Waals surface area contributed by atoms with Gasteiger partial charge in [0.2, 0.25) is 5.91 Å². The third kappa shape index (κ3) is 4.63. The van der Waals surface area contributed by atoms with Crippen molar-refractivity contribution in [2.75, 3.05) is 19.7 Å². The predicted octanol–water partition coefficient (Wildman–Crippen LogP) is 1.53. The molecular formula is C17H22N4O2. The molecule has 0 N–H and O–H groups in total. The minimum atomic E-state index is 0.0883. The molecule has 1 amide bonds. The van der Waals surface area contributed by atoms with E-state index in [0.29, 0.717) is 26.1 Å². The zero-order valence-electron chi connectivity index (χ0n) is 13.2. The summed E-state index contributed by atoms with van der Waals surface area (Å²) in [4.78, 5) is 18.2. The lowest BCUT2D eigenvalue weighted by Crippen LogP contribution is -2.46. The average molecular weight is 314 g/mol. The van der Waals surface area contributed by atoms with Crippen molar-refractivity contribution < 1.29 is 9.53 Å². The first-order valence-electron chi connectivity index (χ1n) is 8.07. The molecule has 1 aliphatic rings. The Morgan fingerprint density at radius 3 is 2.96 bits per heavy atom. The number of aromatic nitrogens is 3. The van der Waals surface area contributed by atoms with Crippen LogP contribution in [0.3, 0.4) is 0 Å². The summed E-state index contributed by atoms with van der Waals surface area (Å²) in [6.45, 7) is 2.71. The third-order valence-corrected chi connectivity index (χ3v) is 4.04. The molecule has 0 unspecified atom stereocenters. The van der Waals surface area contributed by atoms with E-state index < -0.39 is 0 Å². The number of rotatable bonds is 6. The third-order valence-electron chi connectivity index (χ3n) is 4.04. The standard InChI is InChI=1S/C17H22N4O2/c22-17(7-4-8-21-14-18-13-19-21)20-9-10-23-16(12-20)11-15-5-2-1-3-6-15/h1-3,5-6,13-14,16H,4,7-12H2/t16-/m1/s1. The Kier molecular flexibility index (Phi) is 5.37. The number of amides is 1. The predicted molar refractivity (Wildman–Crippen MR) is 85.7 cm³/mol. The second kappa shape index (κ2) is 7.87. The maximum atomic E-state index is 12.3. The van der Waals surface area contributed by atoms with E-state index in [-0.39, 0.29) is 12.0 Å². The molecular weight excluding hydrogens is 292 g/mol. The van der Waals surface area contributed by atoms with Gasteiger partial charge in [-0.15, -0.1) is 0 Å². The first kappa shape index (κ1) is 15.7. The molecule has 1 atom stereocenters. The number of ether oxygens (including phenoxy) is 1. The van der Waals surface area contributed by atoms with Crippen LogP contribution in [-0.2, 0) is 22.5 Å². The van der Waals surface area contributed by atoms with E-state index in [1.165, 1.54) is 11.9 Å². The van der Waals surface area contributed by atoms with Crippen LogP contribution in [0.25, 0.3) is 0 Å². The Morgan fingerprint density at radius 1 is 1.30 bits per heavy atom. The van der Waals surface area contributed by atoms with Crippen molar-refractivity contribution in [2.24, 2.45) is 0 Å². The summed E-state index contributed by atoms with van der Waals surface area (Å²) in [7, 11) is 0. The molecule has 6 nitrogen and oxygen atoms in total. The van der Waals surface area contributed by atoms with E-state index in [2.05, 4.69) is 22.2 Å². The van der Waals surface area contributed by atoms with Crippen LogP contribution in [0.2, 0.25) is 0 Å². The lowest BCUT2D eigenvalue weighted by atomic mass is 10.1. The molecule has 2 heterocycles. The van der Waals surface area contributed by atoms with Crippen LogP contribution in [0, 0.1) is 0 Å². The van der Waals surface area contributed by atoms with Crippen LogP contribution in [-0.4, -0.2) is 51.4 Å². The van der Waals surface area contributed by atoms with Crippen molar-refractivity contribution in [3.05, 3.63) is 48.5 Å². The first-order valence-corrected chi connectivity index (χ1v) is 8.07. The van der Waals surface area contributed by atoms with Crippen molar-refractivity contribution >= 4 is 5.91 Å². The quantitative estimate of drug-likeness (QED) is 0.811. The number of hydrogen-bond donors (Lipinski definition) is 0. The van der Waals surface area contributed by atoms with Gasteiger partial charge in [-0.25, -0.2) is 4.98 Å². The smallest absolute Gasteiger partial charge is 0.222 e. The normalized spacial score (nSPS) is 18.1. The second-order valence-corrected chi connectivity index (χ2v) is 5.78. The van der Waals surface area contributed by atoms with Crippen LogP contribution in [0.5, 0.6) is 0 Å². The van der Waals surface area contributed by atoms with E-state index in [1.54, 1.807) is 11.0 Å². The van der Waals surface area contributed by atoms with E-state index >= 15 is 0 Å². The maximum Gasteiger partial charge on any atom is 0.222 e. The van der Waals surface area contributed by atoms with Gasteiger partial charge in [0.05, 0.1) is 12.7 Å². The monoisotopic (exact) mass is 314 g/mol. The Morgan fingerprint density at radius 2 is 2.17 bits per heavy atom. The molecule has 1 fully saturated rings. The summed E-state index contributed by atoms with van der Waals surface area (Å²) < 4.78 is 7.56. The Balaban J connectivity index is 1.44. The van der Waals surface area contributed by atoms with Crippen LogP contribution < -0.4 is 0 Å². The van der Waals surface area contributed by atoms with Gasteiger partial charge in [0.1, 0.15) is 12.7 Å². The summed E-state index contributed by atoms with van der Waals surface area (Å²) in [5.41, 5.74) is 1.25. The Bertz CT molecular complexity index is 600. The zero-order chi connectivity index (χ0) is 15.9. The number of aryl methyl sites for hydroxylation is 1. The van der Waals surface area contributed by atoms with Crippen molar-refractivity contribution in [1.29, 1.82) is 0 Å². The number of hydrogen-bond acceptors (Lipinski definition) is 4. The summed E-state index contributed by atoms with van der Waals surface area (Å²) in [5, 5.41) is 4.05. The number of carbonyl (C=O) groups excluding carboxylic acids is 1. The summed E-state index contributed by atoms with van der Waals surface area (Å²) in [6, 6.07) is 10.3. The zero-order valence-corrected chi connectivity index (χ0v) is 13.2. The minimum Gasteiger partial charge on any atom is -0.374 e. The van der Waals surface area contributed by atoms with Gasteiger partial charge in [-0.05, 0) is 12.0 Å². The number of benzene rings is 1. The molecule has 0 bridgehead atoms. The van der Waals surface area contributed by atoms with Crippen molar-refractivity contribution in [3.8, 4) is 0 Å². The maximum absolute atomic E-state index is 12.3. The van der Waals surface area contributed by atoms with Crippen LogP contribution in [0.15, 0.2) is 43.0 Å². The molecule has 0 saturated carbocycles. The van der Waals surface area contributed by atoms with E-state index in [0.717, 1.165) is 19.4 Å². The molecule has 1 aromatic heterocycles. The topological polar surface area (TPSA) is 60.2 Å². The molecule has 0 aliphatic carbocycles. The highest BCUT2D eigenvalue weighted by atomic mass is 16.5. The largest absolute Gasteiger partial charge is 0.374 e. The highest BCUT2D eigenvalue weighted by molar-refractivity contribution is 5.76. The number of nitrogens with zero attached hydrogens (tertiary/aromatic N) is 4. The molecule has 3 rings (SSSR count). The summed E-state index contributed by atoms with van der Waals surface area (Å²) >= 11 is 0. The fourth-order valence-electron chi connectivity index (χ4n) is 2.84. The molecule has 1 saturated heterocycles. The highest BCUT2D eigenvalue weighted by Crippen LogP contribution is 2.13. The highest BCUT2D eigenvalue weighted by Gasteiger charge is 2.24. The van der Waals surface area contributed by atoms with Crippen molar-refractivity contribution in [2.45, 2.75) is 31.9 Å². The molecule has 0 radical (unpaired) electrons. The second-order valence-electron chi connectivity index (χ2n) is 5.78. The van der Waals surface area contributed by atoms with E-state index in [1.807, 2.05) is 23.1 Å². The van der Waals surface area contributed by atoms with Crippen molar-refractivity contribution in [1.82, 2.24) is 19.7 Å². The van der Waals surface area contributed by atoms with Crippen molar-refractivity contribution in [3.63, 3.8) is 0 Å². The van der Waals surface area contributed by atoms with Gasteiger partial charge in [-0.1, -0.05) is 30.3 Å². The number of morpholine rings is 1. The molecule has 2 aromatic rings. The van der Waals surface area contributed by atoms with Gasteiger partial charge in [0.15, 0.2) is 0 Å². The molecule has 6 heteroatoms. The average Bonchev–Trinajstić information content (AvgIpc) is 3.09. The fourth-order valence-corrected chi connectivity index (χ4v) is 2.84. The first-order chi connectivity index (χ1) is 11.3. The van der Waals surface area contributed by atoms with E-state index in [9.17, 15) is 4.79 Å². The lowest BCUT2D eigenvalue weighted by Gasteiger charge is -2.33. The molecule has 1 aromatic carbocycles.